The monoisotopic (exact) mass is 470 g/mol. The van der Waals surface area contributed by atoms with Gasteiger partial charge in [0.1, 0.15) is 0 Å². The third-order valence-corrected chi connectivity index (χ3v) is 8.32. The van der Waals surface area contributed by atoms with Gasteiger partial charge in [-0.1, -0.05) is 97.1 Å². The molecule has 0 spiro atoms. The minimum absolute atomic E-state index is 0.146. The van der Waals surface area contributed by atoms with E-state index in [2.05, 4.69) is 0 Å². The van der Waals surface area contributed by atoms with Gasteiger partial charge in [0, 0.05) is 4.90 Å². The first-order valence-electron chi connectivity index (χ1n) is 10.4. The van der Waals surface area contributed by atoms with Crippen molar-refractivity contribution in [2.45, 2.75) is 9.79 Å². The van der Waals surface area contributed by atoms with Gasteiger partial charge in [0.25, 0.3) is 0 Å². The Bertz CT molecular complexity index is 1390. The Labute approximate surface area is 197 Å². The molecule has 1 unspecified atom stereocenters. The molecule has 0 aliphatic heterocycles. The van der Waals surface area contributed by atoms with Crippen LogP contribution in [0, 0.1) is 0 Å². The first-order chi connectivity index (χ1) is 16.1. The summed E-state index contributed by atoms with van der Waals surface area (Å²) in [7, 11) is -5.30. The van der Waals surface area contributed by atoms with Crippen LogP contribution in [-0.2, 0) is 20.6 Å². The lowest BCUT2D eigenvalue weighted by atomic mass is 10.2. The van der Waals surface area contributed by atoms with Crippen molar-refractivity contribution in [1.29, 1.82) is 0 Å². The molecule has 0 aromatic heterocycles. The van der Waals surface area contributed by atoms with Crippen molar-refractivity contribution in [3.8, 4) is 0 Å². The Morgan fingerprint density at radius 1 is 0.576 bits per heavy atom. The van der Waals surface area contributed by atoms with E-state index in [0.29, 0.717) is 15.4 Å². The summed E-state index contributed by atoms with van der Waals surface area (Å²) in [6, 6.07) is 35.8. The van der Waals surface area contributed by atoms with Crippen LogP contribution in [-0.4, -0.2) is 12.6 Å². The third kappa shape index (κ3) is 5.28. The summed E-state index contributed by atoms with van der Waals surface area (Å²) < 4.78 is 40.6. The summed E-state index contributed by atoms with van der Waals surface area (Å²) in [5, 5.41) is 0. The van der Waals surface area contributed by atoms with E-state index in [0.717, 1.165) is 5.56 Å². The first kappa shape index (κ1) is 22.6. The van der Waals surface area contributed by atoms with Crippen LogP contribution >= 0.6 is 0 Å². The van der Waals surface area contributed by atoms with Gasteiger partial charge < -0.3 is 0 Å². The van der Waals surface area contributed by atoms with Gasteiger partial charge in [-0.25, -0.2) is 12.6 Å². The molecule has 5 heteroatoms. The second-order valence-electron chi connectivity index (χ2n) is 7.19. The molecular formula is C28H22O3S2. The van der Waals surface area contributed by atoms with Crippen LogP contribution in [0.25, 0.3) is 9.81 Å². The van der Waals surface area contributed by atoms with Crippen LogP contribution in [0.5, 0.6) is 0 Å². The van der Waals surface area contributed by atoms with E-state index in [1.807, 2.05) is 54.6 Å². The van der Waals surface area contributed by atoms with Crippen molar-refractivity contribution >= 4 is 30.4 Å². The van der Waals surface area contributed by atoms with E-state index < -0.39 is 20.6 Å². The van der Waals surface area contributed by atoms with Crippen molar-refractivity contribution in [3.05, 3.63) is 145 Å². The Kier molecular flexibility index (Phi) is 7.13. The fraction of sp³-hybridized carbons (Fsp3) is 0. The zero-order valence-electron chi connectivity index (χ0n) is 17.7. The van der Waals surface area contributed by atoms with Gasteiger partial charge in [0.2, 0.25) is 9.84 Å². The van der Waals surface area contributed by atoms with Gasteiger partial charge in [-0.2, -0.15) is 0 Å². The second kappa shape index (κ2) is 10.4. The second-order valence-corrected chi connectivity index (χ2v) is 10.6. The third-order valence-electron chi connectivity index (χ3n) is 5.00. The van der Waals surface area contributed by atoms with Crippen LogP contribution < -0.4 is 0 Å². The number of rotatable bonds is 7. The molecular weight excluding hydrogens is 448 g/mol. The summed E-state index contributed by atoms with van der Waals surface area (Å²) in [6.07, 6.45) is 3.21. The zero-order valence-corrected chi connectivity index (χ0v) is 19.4. The highest BCUT2D eigenvalue weighted by atomic mass is 32.2. The van der Waals surface area contributed by atoms with E-state index in [-0.39, 0.29) is 9.80 Å². The summed E-state index contributed by atoms with van der Waals surface area (Å²) in [4.78, 5) is 1.53. The zero-order chi connectivity index (χ0) is 23.1. The highest BCUT2D eigenvalue weighted by Crippen LogP contribution is 2.30. The molecule has 0 bridgehead atoms. The molecule has 0 aliphatic carbocycles. The molecule has 0 saturated carbocycles. The minimum Gasteiger partial charge on any atom is -0.249 e. The average Bonchev–Trinajstić information content (AvgIpc) is 2.88. The highest BCUT2D eigenvalue weighted by Gasteiger charge is 2.22. The van der Waals surface area contributed by atoms with Crippen LogP contribution in [0.15, 0.2) is 143 Å². The Hall–Kier alpha value is -3.54. The smallest absolute Gasteiger partial charge is 0.207 e. The molecule has 1 atom stereocenters. The standard InChI is InChI=1S/C28H22O3S2/c29-32(25-17-9-3-10-18-25)27(23-13-5-1-6-14-23)21-22-28(24-15-7-2-8-16-24)33(30,31)26-19-11-4-12-20-26/h1-22H/b27-21-,28-22-. The number of sulfone groups is 1. The van der Waals surface area contributed by atoms with Gasteiger partial charge in [0.15, 0.2) is 0 Å². The molecule has 0 saturated heterocycles. The normalized spacial score (nSPS) is 13.5. The maximum absolute atomic E-state index is 13.5. The minimum atomic E-state index is -3.80. The molecule has 4 rings (SSSR count). The van der Waals surface area contributed by atoms with E-state index in [1.165, 1.54) is 0 Å². The average molecular weight is 471 g/mol. The van der Waals surface area contributed by atoms with E-state index in [4.69, 9.17) is 0 Å². The number of benzene rings is 4. The van der Waals surface area contributed by atoms with Crippen molar-refractivity contribution < 1.29 is 12.6 Å². The van der Waals surface area contributed by atoms with Crippen LogP contribution in [0.1, 0.15) is 11.1 Å². The van der Waals surface area contributed by atoms with Crippen molar-refractivity contribution in [2.24, 2.45) is 0 Å². The van der Waals surface area contributed by atoms with Crippen LogP contribution in [0.4, 0.5) is 0 Å². The van der Waals surface area contributed by atoms with Gasteiger partial charge in [-0.05, 0) is 47.5 Å². The molecule has 4 aromatic carbocycles. The lowest BCUT2D eigenvalue weighted by Crippen LogP contribution is -2.04. The van der Waals surface area contributed by atoms with Crippen LogP contribution in [0.2, 0.25) is 0 Å². The van der Waals surface area contributed by atoms with E-state index in [1.54, 1.807) is 78.9 Å². The largest absolute Gasteiger partial charge is 0.249 e. The van der Waals surface area contributed by atoms with E-state index in [9.17, 15) is 12.6 Å². The van der Waals surface area contributed by atoms with Crippen molar-refractivity contribution in [2.75, 3.05) is 0 Å². The number of hydrogen-bond donors (Lipinski definition) is 0. The first-order valence-corrected chi connectivity index (χ1v) is 13.0. The molecule has 0 fully saturated rings. The molecule has 3 nitrogen and oxygen atoms in total. The number of allylic oxidation sites excluding steroid dienone is 2. The van der Waals surface area contributed by atoms with Gasteiger partial charge in [-0.15, -0.1) is 0 Å². The Morgan fingerprint density at radius 2 is 1.03 bits per heavy atom. The lowest BCUT2D eigenvalue weighted by Gasteiger charge is -2.11. The van der Waals surface area contributed by atoms with Crippen LogP contribution in [0.3, 0.4) is 0 Å². The van der Waals surface area contributed by atoms with Crippen molar-refractivity contribution in [3.63, 3.8) is 0 Å². The molecule has 0 heterocycles. The summed E-state index contributed by atoms with van der Waals surface area (Å²) in [6.45, 7) is 0. The maximum atomic E-state index is 13.5. The molecule has 4 aromatic rings. The van der Waals surface area contributed by atoms with Gasteiger partial charge in [-0.3, -0.25) is 0 Å². The predicted octanol–water partition coefficient (Wildman–Crippen LogP) is 6.35. The summed E-state index contributed by atoms with van der Waals surface area (Å²) in [5.74, 6) is 0. The molecule has 0 N–H and O–H groups in total. The van der Waals surface area contributed by atoms with Crippen molar-refractivity contribution in [1.82, 2.24) is 0 Å². The number of hydrogen-bond acceptors (Lipinski definition) is 3. The molecule has 0 amide bonds. The molecule has 164 valence electrons. The lowest BCUT2D eigenvalue weighted by molar-refractivity contribution is 0.606. The molecule has 33 heavy (non-hydrogen) atoms. The SMILES string of the molecule is O=S(/C(=C\C=C(\c1ccccc1)S(=O)(=O)c1ccccc1)c1ccccc1)c1ccccc1. The maximum Gasteiger partial charge on any atom is 0.207 e. The molecule has 0 aliphatic rings. The highest BCUT2D eigenvalue weighted by molar-refractivity contribution is 8.00. The topological polar surface area (TPSA) is 51.2 Å². The van der Waals surface area contributed by atoms with Gasteiger partial charge >= 0.3 is 0 Å². The molecule has 0 radical (unpaired) electrons. The fourth-order valence-electron chi connectivity index (χ4n) is 3.36. The van der Waals surface area contributed by atoms with E-state index >= 15 is 0 Å². The summed E-state index contributed by atoms with van der Waals surface area (Å²) in [5.41, 5.74) is 1.33. The Morgan fingerprint density at radius 3 is 1.58 bits per heavy atom. The fourth-order valence-corrected chi connectivity index (χ4v) is 6.02. The quantitative estimate of drug-likeness (QED) is 0.296. The predicted molar refractivity (Wildman–Crippen MR) is 135 cm³/mol. The Balaban J connectivity index is 1.90. The van der Waals surface area contributed by atoms with Gasteiger partial charge in [0.05, 0.1) is 25.5 Å². The summed E-state index contributed by atoms with van der Waals surface area (Å²) >= 11 is 0.